The van der Waals surface area contributed by atoms with E-state index in [0.29, 0.717) is 5.02 Å². The summed E-state index contributed by atoms with van der Waals surface area (Å²) in [5.74, 6) is 0.909. The number of nitrogens with one attached hydrogen (secondary N) is 1. The quantitative estimate of drug-likeness (QED) is 0.750. The summed E-state index contributed by atoms with van der Waals surface area (Å²) in [5, 5.41) is 4.12. The predicted molar refractivity (Wildman–Crippen MR) is 60.3 cm³/mol. The summed E-state index contributed by atoms with van der Waals surface area (Å²) in [6, 6.07) is 5.69. The molecule has 2 nitrogen and oxygen atoms in total. The minimum Gasteiger partial charge on any atom is -0.399 e. The highest BCUT2D eigenvalue weighted by molar-refractivity contribution is 6.30. The van der Waals surface area contributed by atoms with Crippen molar-refractivity contribution in [2.75, 3.05) is 12.3 Å². The number of halogens is 1. The van der Waals surface area contributed by atoms with E-state index < -0.39 is 0 Å². The third-order valence-corrected chi connectivity index (χ3v) is 2.66. The fourth-order valence-electron chi connectivity index (χ4n) is 1.52. The van der Waals surface area contributed by atoms with Crippen molar-refractivity contribution < 1.29 is 0 Å². The molecule has 2 rings (SSSR count). The molecule has 1 aliphatic carbocycles. The minimum atomic E-state index is 0.716. The van der Waals surface area contributed by atoms with E-state index in [0.717, 1.165) is 30.3 Å². The molecule has 0 amide bonds. The Morgan fingerprint density at radius 3 is 2.79 bits per heavy atom. The van der Waals surface area contributed by atoms with Crippen LogP contribution in [0, 0.1) is 5.92 Å². The number of nitrogens with two attached hydrogens (primary N) is 1. The molecule has 14 heavy (non-hydrogen) atoms. The van der Waals surface area contributed by atoms with Crippen LogP contribution in [0.5, 0.6) is 0 Å². The first-order chi connectivity index (χ1) is 6.74. The maximum atomic E-state index is 5.90. The highest BCUT2D eigenvalue weighted by atomic mass is 35.5. The number of nitrogen functional groups attached to an aromatic ring is 1. The second-order valence-electron chi connectivity index (χ2n) is 3.97. The van der Waals surface area contributed by atoms with Crippen molar-refractivity contribution in [3.63, 3.8) is 0 Å². The van der Waals surface area contributed by atoms with Gasteiger partial charge in [0.15, 0.2) is 0 Å². The van der Waals surface area contributed by atoms with Crippen molar-refractivity contribution in [2.45, 2.75) is 19.4 Å². The van der Waals surface area contributed by atoms with Crippen LogP contribution in [0.1, 0.15) is 18.4 Å². The zero-order chi connectivity index (χ0) is 9.97. The Hall–Kier alpha value is -0.730. The first-order valence-electron chi connectivity index (χ1n) is 5.00. The van der Waals surface area contributed by atoms with Crippen LogP contribution in [0.25, 0.3) is 0 Å². The molecule has 0 aliphatic heterocycles. The van der Waals surface area contributed by atoms with Crippen LogP contribution in [0.2, 0.25) is 5.02 Å². The number of benzene rings is 1. The molecule has 76 valence electrons. The highest BCUT2D eigenvalue weighted by Gasteiger charge is 2.20. The zero-order valence-electron chi connectivity index (χ0n) is 8.09. The Bertz CT molecular complexity index is 301. The van der Waals surface area contributed by atoms with E-state index in [-0.39, 0.29) is 0 Å². The molecule has 3 N–H and O–H groups in total. The minimum absolute atomic E-state index is 0.716. The number of hydrogen-bond acceptors (Lipinski definition) is 2. The van der Waals surface area contributed by atoms with Gasteiger partial charge in [-0.1, -0.05) is 11.6 Å². The molecule has 3 heteroatoms. The van der Waals surface area contributed by atoms with Crippen LogP contribution in [0.4, 0.5) is 5.69 Å². The molecule has 1 fully saturated rings. The van der Waals surface area contributed by atoms with Crippen LogP contribution >= 0.6 is 11.6 Å². The molecular weight excluding hydrogens is 196 g/mol. The first kappa shape index (κ1) is 9.81. The average molecular weight is 211 g/mol. The molecule has 0 unspecified atom stereocenters. The Morgan fingerprint density at radius 1 is 1.36 bits per heavy atom. The van der Waals surface area contributed by atoms with Gasteiger partial charge in [0.1, 0.15) is 0 Å². The summed E-state index contributed by atoms with van der Waals surface area (Å²) < 4.78 is 0. The summed E-state index contributed by atoms with van der Waals surface area (Å²) in [6.07, 6.45) is 2.76. The van der Waals surface area contributed by atoms with Crippen LogP contribution in [-0.2, 0) is 6.54 Å². The molecule has 1 saturated carbocycles. The van der Waals surface area contributed by atoms with E-state index in [2.05, 4.69) is 5.32 Å². The standard InChI is InChI=1S/C11H15ClN2/c12-10-3-9(4-11(13)5-10)7-14-6-8-1-2-8/h3-5,8,14H,1-2,6-7,13H2. The van der Waals surface area contributed by atoms with E-state index in [1.165, 1.54) is 12.8 Å². The number of rotatable bonds is 4. The lowest BCUT2D eigenvalue weighted by Crippen LogP contribution is -2.16. The summed E-state index contributed by atoms with van der Waals surface area (Å²) in [6.45, 7) is 1.98. The molecule has 1 aromatic rings. The summed E-state index contributed by atoms with van der Waals surface area (Å²) >= 11 is 5.90. The summed E-state index contributed by atoms with van der Waals surface area (Å²) in [7, 11) is 0. The van der Waals surface area contributed by atoms with Crippen molar-refractivity contribution in [1.29, 1.82) is 0 Å². The van der Waals surface area contributed by atoms with Crippen molar-refractivity contribution in [2.24, 2.45) is 5.92 Å². The van der Waals surface area contributed by atoms with Crippen molar-refractivity contribution in [3.8, 4) is 0 Å². The molecule has 0 aromatic heterocycles. The number of hydrogen-bond donors (Lipinski definition) is 2. The third kappa shape index (κ3) is 2.89. The van der Waals surface area contributed by atoms with Crippen LogP contribution < -0.4 is 11.1 Å². The van der Waals surface area contributed by atoms with E-state index >= 15 is 0 Å². The van der Waals surface area contributed by atoms with Gasteiger partial charge in [-0.3, -0.25) is 0 Å². The second kappa shape index (κ2) is 4.20. The molecular formula is C11H15ClN2. The van der Waals surface area contributed by atoms with Gasteiger partial charge in [0.25, 0.3) is 0 Å². The Labute approximate surface area is 89.4 Å². The SMILES string of the molecule is Nc1cc(Cl)cc(CNCC2CC2)c1. The lowest BCUT2D eigenvalue weighted by Gasteiger charge is -2.05. The van der Waals surface area contributed by atoms with Crippen molar-refractivity contribution >= 4 is 17.3 Å². The van der Waals surface area contributed by atoms with Crippen LogP contribution in [0.15, 0.2) is 18.2 Å². The van der Waals surface area contributed by atoms with Gasteiger partial charge in [-0.15, -0.1) is 0 Å². The molecule has 1 aliphatic rings. The van der Waals surface area contributed by atoms with Gasteiger partial charge in [-0.25, -0.2) is 0 Å². The molecule has 0 heterocycles. The normalized spacial score (nSPS) is 15.8. The van der Waals surface area contributed by atoms with Crippen LogP contribution in [-0.4, -0.2) is 6.54 Å². The molecule has 0 bridgehead atoms. The van der Waals surface area contributed by atoms with Crippen molar-refractivity contribution in [1.82, 2.24) is 5.32 Å². The average Bonchev–Trinajstić information content (AvgIpc) is 2.86. The Kier molecular flexibility index (Phi) is 2.94. The molecule has 1 aromatic carbocycles. The van der Waals surface area contributed by atoms with Gasteiger partial charge in [0.2, 0.25) is 0 Å². The topological polar surface area (TPSA) is 38.0 Å². The van der Waals surface area contributed by atoms with E-state index in [4.69, 9.17) is 17.3 Å². The molecule has 0 spiro atoms. The predicted octanol–water partition coefficient (Wildman–Crippen LogP) is 2.42. The van der Waals surface area contributed by atoms with E-state index in [1.807, 2.05) is 12.1 Å². The molecule has 0 atom stereocenters. The smallest absolute Gasteiger partial charge is 0.0429 e. The lowest BCUT2D eigenvalue weighted by molar-refractivity contribution is 0.639. The van der Waals surface area contributed by atoms with Gasteiger partial charge in [-0.2, -0.15) is 0 Å². The fourth-order valence-corrected chi connectivity index (χ4v) is 1.79. The molecule has 0 radical (unpaired) electrons. The molecule has 0 saturated heterocycles. The van der Waals surface area contributed by atoms with Gasteiger partial charge in [-0.05, 0) is 49.1 Å². The van der Waals surface area contributed by atoms with Gasteiger partial charge in [0, 0.05) is 17.3 Å². The lowest BCUT2D eigenvalue weighted by atomic mass is 10.2. The summed E-state index contributed by atoms with van der Waals surface area (Å²) in [5.41, 5.74) is 7.59. The number of anilines is 1. The third-order valence-electron chi connectivity index (χ3n) is 2.44. The second-order valence-corrected chi connectivity index (χ2v) is 4.40. The van der Waals surface area contributed by atoms with Crippen LogP contribution in [0.3, 0.4) is 0 Å². The maximum Gasteiger partial charge on any atom is 0.0429 e. The van der Waals surface area contributed by atoms with Gasteiger partial charge >= 0.3 is 0 Å². The fraction of sp³-hybridized carbons (Fsp3) is 0.455. The Morgan fingerprint density at radius 2 is 2.14 bits per heavy atom. The highest BCUT2D eigenvalue weighted by Crippen LogP contribution is 2.27. The van der Waals surface area contributed by atoms with Crippen molar-refractivity contribution in [3.05, 3.63) is 28.8 Å². The van der Waals surface area contributed by atoms with Gasteiger partial charge in [0.05, 0.1) is 0 Å². The zero-order valence-corrected chi connectivity index (χ0v) is 8.85. The van der Waals surface area contributed by atoms with Gasteiger partial charge < -0.3 is 11.1 Å². The monoisotopic (exact) mass is 210 g/mol. The van der Waals surface area contributed by atoms with E-state index in [1.54, 1.807) is 6.07 Å². The van der Waals surface area contributed by atoms with E-state index in [9.17, 15) is 0 Å². The Balaban J connectivity index is 1.87. The first-order valence-corrected chi connectivity index (χ1v) is 5.37. The largest absolute Gasteiger partial charge is 0.399 e. The summed E-state index contributed by atoms with van der Waals surface area (Å²) in [4.78, 5) is 0. The maximum absolute atomic E-state index is 5.90.